The van der Waals surface area contributed by atoms with E-state index in [0.29, 0.717) is 31.3 Å². The van der Waals surface area contributed by atoms with E-state index in [-0.39, 0.29) is 29.0 Å². The van der Waals surface area contributed by atoms with Crippen molar-refractivity contribution in [3.8, 4) is 0 Å². The predicted octanol–water partition coefficient (Wildman–Crippen LogP) is -0.746. The quantitative estimate of drug-likeness (QED) is 0.217. The maximum Gasteiger partial charge on any atom is 0.278 e. The Labute approximate surface area is 202 Å². The van der Waals surface area contributed by atoms with Gasteiger partial charge in [-0.25, -0.2) is 24.9 Å². The van der Waals surface area contributed by atoms with Crippen LogP contribution in [0.25, 0.3) is 0 Å². The summed E-state index contributed by atoms with van der Waals surface area (Å²) >= 11 is 0. The molecule has 12 heteroatoms. The zero-order valence-corrected chi connectivity index (χ0v) is 19.6. The SMILES string of the molecule is CC[NH+]=CC(NC(=O)c1nc(C2CC2)cnc1Nc1cncnc1)=C(N)C(=O)NCC1CCCO1. The van der Waals surface area contributed by atoms with Crippen molar-refractivity contribution < 1.29 is 19.3 Å². The highest BCUT2D eigenvalue weighted by atomic mass is 16.5. The molecule has 184 valence electrons. The maximum atomic E-state index is 13.3. The molecule has 2 fully saturated rings. The van der Waals surface area contributed by atoms with Gasteiger partial charge in [-0.15, -0.1) is 0 Å². The number of allylic oxidation sites excluding steroid dienone is 1. The Bertz CT molecular complexity index is 1110. The smallest absolute Gasteiger partial charge is 0.278 e. The standard InChI is InChI=1S/C23H29N9O3/c1-2-25-11-18(19(24)22(33)29-10-16-4-3-7-35-16)32-23(34)20-21(30-15-8-26-13-27-9-15)28-12-17(31-20)14-5-6-14/h8-9,11-14,16H,2-7,10,24H2,1H3,(H,28,30)(H,29,33)(H,32,34)/p+1. The minimum absolute atomic E-state index is 0.0291. The number of anilines is 2. The van der Waals surface area contributed by atoms with Gasteiger partial charge in [-0.05, 0) is 32.6 Å². The van der Waals surface area contributed by atoms with Crippen molar-refractivity contribution in [3.05, 3.63) is 47.7 Å². The fourth-order valence-corrected chi connectivity index (χ4v) is 3.52. The summed E-state index contributed by atoms with van der Waals surface area (Å²) in [6, 6.07) is 0. The van der Waals surface area contributed by atoms with Gasteiger partial charge in [0.05, 0.1) is 36.1 Å². The summed E-state index contributed by atoms with van der Waals surface area (Å²) in [6.07, 6.45) is 11.5. The normalized spacial score (nSPS) is 18.3. The van der Waals surface area contributed by atoms with Crippen LogP contribution in [-0.4, -0.2) is 63.8 Å². The number of carbonyl (C=O) groups is 2. The first-order valence-electron chi connectivity index (χ1n) is 11.7. The number of nitrogens with zero attached hydrogens (tertiary/aromatic N) is 4. The Hall–Kier alpha value is -3.93. The third kappa shape index (κ3) is 6.57. The number of nitrogens with one attached hydrogen (secondary N) is 4. The van der Waals surface area contributed by atoms with Crippen molar-refractivity contribution in [2.24, 2.45) is 5.73 Å². The minimum atomic E-state index is -0.557. The summed E-state index contributed by atoms with van der Waals surface area (Å²) in [5, 5.41) is 8.53. The molecule has 2 amide bonds. The molecule has 12 nitrogen and oxygen atoms in total. The number of carbonyl (C=O) groups excluding carboxylic acids is 2. The van der Waals surface area contributed by atoms with Crippen LogP contribution in [0, 0.1) is 0 Å². The van der Waals surface area contributed by atoms with Gasteiger partial charge >= 0.3 is 0 Å². The molecular weight excluding hydrogens is 450 g/mol. The van der Waals surface area contributed by atoms with E-state index in [1.54, 1.807) is 18.6 Å². The van der Waals surface area contributed by atoms with Crippen LogP contribution in [0.1, 0.15) is 54.7 Å². The van der Waals surface area contributed by atoms with E-state index in [1.165, 1.54) is 12.5 Å². The zero-order valence-electron chi connectivity index (χ0n) is 19.6. The lowest BCUT2D eigenvalue weighted by atomic mass is 10.2. The van der Waals surface area contributed by atoms with Crippen molar-refractivity contribution in [1.82, 2.24) is 30.6 Å². The number of hydrogen-bond acceptors (Lipinski definition) is 9. The molecule has 1 aliphatic carbocycles. The molecule has 0 aromatic carbocycles. The topological polar surface area (TPSA) is 171 Å². The van der Waals surface area contributed by atoms with Gasteiger partial charge in [0.15, 0.2) is 17.7 Å². The fraction of sp³-hybridized carbons (Fsp3) is 0.435. The maximum absolute atomic E-state index is 13.3. The average molecular weight is 481 g/mol. The van der Waals surface area contributed by atoms with Crippen molar-refractivity contribution >= 4 is 29.5 Å². The number of ether oxygens (including phenoxy) is 1. The highest BCUT2D eigenvalue weighted by Crippen LogP contribution is 2.39. The molecular formula is C23H30N9O3+. The second-order valence-corrected chi connectivity index (χ2v) is 8.35. The molecule has 0 bridgehead atoms. The summed E-state index contributed by atoms with van der Waals surface area (Å²) in [6.45, 7) is 3.50. The molecule has 2 aliphatic rings. The van der Waals surface area contributed by atoms with E-state index in [9.17, 15) is 9.59 Å². The van der Waals surface area contributed by atoms with E-state index >= 15 is 0 Å². The number of amides is 2. The summed E-state index contributed by atoms with van der Waals surface area (Å²) in [7, 11) is 0. The Morgan fingerprint density at radius 2 is 2.03 bits per heavy atom. The van der Waals surface area contributed by atoms with Crippen LogP contribution >= 0.6 is 0 Å². The van der Waals surface area contributed by atoms with Gasteiger partial charge in [0, 0.05) is 19.1 Å². The highest BCUT2D eigenvalue weighted by molar-refractivity contribution is 6.04. The third-order valence-corrected chi connectivity index (χ3v) is 5.57. The molecule has 1 atom stereocenters. The highest BCUT2D eigenvalue weighted by Gasteiger charge is 2.28. The van der Waals surface area contributed by atoms with Crippen molar-refractivity contribution in [2.75, 3.05) is 25.0 Å². The van der Waals surface area contributed by atoms with E-state index in [0.717, 1.165) is 31.4 Å². The minimum Gasteiger partial charge on any atom is -0.392 e. The summed E-state index contributed by atoms with van der Waals surface area (Å²) in [4.78, 5) is 45.9. The summed E-state index contributed by atoms with van der Waals surface area (Å²) in [5.74, 6) is -0.521. The van der Waals surface area contributed by atoms with Crippen LogP contribution in [0.2, 0.25) is 0 Å². The van der Waals surface area contributed by atoms with Gasteiger partial charge in [0.2, 0.25) is 0 Å². The molecule has 2 aromatic rings. The van der Waals surface area contributed by atoms with E-state index in [2.05, 4.69) is 40.9 Å². The van der Waals surface area contributed by atoms with Gasteiger partial charge < -0.3 is 26.4 Å². The molecule has 1 saturated heterocycles. The first-order chi connectivity index (χ1) is 17.0. The predicted molar refractivity (Wildman–Crippen MR) is 128 cm³/mol. The van der Waals surface area contributed by atoms with Crippen LogP contribution in [-0.2, 0) is 9.53 Å². The van der Waals surface area contributed by atoms with E-state index in [4.69, 9.17) is 10.5 Å². The Morgan fingerprint density at radius 3 is 2.71 bits per heavy atom. The molecule has 35 heavy (non-hydrogen) atoms. The largest absolute Gasteiger partial charge is 0.392 e. The molecule has 3 heterocycles. The van der Waals surface area contributed by atoms with Crippen LogP contribution in [0.3, 0.4) is 0 Å². The molecule has 1 aliphatic heterocycles. The van der Waals surface area contributed by atoms with Crippen molar-refractivity contribution in [1.29, 1.82) is 0 Å². The van der Waals surface area contributed by atoms with Crippen molar-refractivity contribution in [3.63, 3.8) is 0 Å². The van der Waals surface area contributed by atoms with Gasteiger partial charge in [0.25, 0.3) is 11.8 Å². The van der Waals surface area contributed by atoms with Gasteiger partial charge in [0.1, 0.15) is 24.3 Å². The molecule has 6 N–H and O–H groups in total. The fourth-order valence-electron chi connectivity index (χ4n) is 3.52. The number of rotatable bonds is 10. The molecule has 2 aromatic heterocycles. The number of hydrogen-bond donors (Lipinski definition) is 5. The lowest BCUT2D eigenvalue weighted by Crippen LogP contribution is -2.69. The first kappa shape index (κ1) is 24.2. The van der Waals surface area contributed by atoms with Crippen LogP contribution in [0.15, 0.2) is 36.3 Å². The first-order valence-corrected chi connectivity index (χ1v) is 11.7. The average Bonchev–Trinajstić information content (AvgIpc) is 3.60. The molecule has 1 saturated carbocycles. The van der Waals surface area contributed by atoms with Crippen LogP contribution in [0.4, 0.5) is 11.5 Å². The van der Waals surface area contributed by atoms with Crippen LogP contribution in [0.5, 0.6) is 0 Å². The summed E-state index contributed by atoms with van der Waals surface area (Å²) < 4.78 is 5.54. The van der Waals surface area contributed by atoms with E-state index in [1.807, 2.05) is 6.92 Å². The van der Waals surface area contributed by atoms with Gasteiger partial charge in [-0.1, -0.05) is 0 Å². The second-order valence-electron chi connectivity index (χ2n) is 8.35. The Morgan fingerprint density at radius 1 is 1.23 bits per heavy atom. The lowest BCUT2D eigenvalue weighted by Gasteiger charge is -2.14. The lowest BCUT2D eigenvalue weighted by molar-refractivity contribution is -0.446. The van der Waals surface area contributed by atoms with Crippen molar-refractivity contribution in [2.45, 2.75) is 44.6 Å². The monoisotopic (exact) mass is 480 g/mol. The van der Waals surface area contributed by atoms with Crippen LogP contribution < -0.4 is 26.7 Å². The molecule has 1 unspecified atom stereocenters. The summed E-state index contributed by atoms with van der Waals surface area (Å²) in [5.41, 5.74) is 7.51. The second kappa shape index (κ2) is 11.5. The number of aromatic nitrogens is 4. The zero-order chi connectivity index (χ0) is 24.6. The van der Waals surface area contributed by atoms with E-state index < -0.39 is 11.8 Å². The van der Waals surface area contributed by atoms with Gasteiger partial charge in [-0.2, -0.15) is 0 Å². The molecule has 4 rings (SSSR count). The third-order valence-electron chi connectivity index (χ3n) is 5.57. The Kier molecular flexibility index (Phi) is 7.93. The van der Waals surface area contributed by atoms with Gasteiger partial charge in [-0.3, -0.25) is 9.59 Å². The molecule has 0 spiro atoms. The Balaban J connectivity index is 1.56. The molecule has 0 radical (unpaired) electrons. The number of nitrogens with two attached hydrogens (primary N) is 1.